The van der Waals surface area contributed by atoms with Crippen molar-refractivity contribution < 1.29 is 13.2 Å². The number of carbonyl (C=O) groups excluding carboxylic acids is 1. The lowest BCUT2D eigenvalue weighted by molar-refractivity contribution is -0.122. The zero-order valence-electron chi connectivity index (χ0n) is 15.3. The van der Waals surface area contributed by atoms with Crippen molar-refractivity contribution in [3.05, 3.63) is 78.4 Å². The number of hydrogen-bond acceptors (Lipinski definition) is 3. The fraction of sp³-hybridized carbons (Fsp3) is 0.190. The number of fused-ring (bicyclic) bond motifs is 1. The zero-order chi connectivity index (χ0) is 19.4. The number of rotatable bonds is 6. The summed E-state index contributed by atoms with van der Waals surface area (Å²) >= 11 is 0. The molecule has 0 aliphatic rings. The fourth-order valence-electron chi connectivity index (χ4n) is 3.07. The number of hydrogen-bond donors (Lipinski definition) is 1. The largest absolute Gasteiger partial charge is 0.350 e. The standard InChI is InChI=1S/C21H22N2O3S/c1-16(23(27(2,25)26)20-10-4-3-5-11-20)21(24)22-15-17-12-13-18-8-6-7-9-19(18)14-17/h3-14,16H,15H2,1-2H3,(H,22,24). The predicted molar refractivity (Wildman–Crippen MR) is 109 cm³/mol. The van der Waals surface area contributed by atoms with E-state index in [0.29, 0.717) is 12.2 Å². The monoisotopic (exact) mass is 382 g/mol. The highest BCUT2D eigenvalue weighted by Crippen LogP contribution is 2.20. The first kappa shape index (κ1) is 18.9. The molecule has 6 heteroatoms. The molecular formula is C21H22N2O3S. The van der Waals surface area contributed by atoms with Crippen LogP contribution in [0.4, 0.5) is 5.69 Å². The molecule has 1 N–H and O–H groups in total. The highest BCUT2D eigenvalue weighted by Gasteiger charge is 2.28. The molecule has 5 nitrogen and oxygen atoms in total. The van der Waals surface area contributed by atoms with Crippen LogP contribution < -0.4 is 9.62 Å². The SMILES string of the molecule is CC(C(=O)NCc1ccc2ccccc2c1)N(c1ccccc1)S(C)(=O)=O. The molecule has 0 bridgehead atoms. The van der Waals surface area contributed by atoms with Crippen LogP contribution in [0.2, 0.25) is 0 Å². The zero-order valence-corrected chi connectivity index (χ0v) is 16.1. The maximum Gasteiger partial charge on any atom is 0.243 e. The van der Waals surface area contributed by atoms with Gasteiger partial charge in [0.25, 0.3) is 0 Å². The van der Waals surface area contributed by atoms with Crippen molar-refractivity contribution in [2.75, 3.05) is 10.6 Å². The van der Waals surface area contributed by atoms with Crippen molar-refractivity contribution in [2.45, 2.75) is 19.5 Å². The van der Waals surface area contributed by atoms with Gasteiger partial charge in [0.1, 0.15) is 6.04 Å². The van der Waals surface area contributed by atoms with E-state index in [1.54, 1.807) is 37.3 Å². The fourth-order valence-corrected chi connectivity index (χ4v) is 4.24. The molecule has 1 atom stereocenters. The molecule has 0 fully saturated rings. The van der Waals surface area contributed by atoms with Crippen LogP contribution in [0.25, 0.3) is 10.8 Å². The van der Waals surface area contributed by atoms with Gasteiger partial charge in [-0.25, -0.2) is 8.42 Å². The molecule has 0 radical (unpaired) electrons. The van der Waals surface area contributed by atoms with Gasteiger partial charge in [0.05, 0.1) is 11.9 Å². The van der Waals surface area contributed by atoms with Crippen LogP contribution >= 0.6 is 0 Å². The van der Waals surface area contributed by atoms with Crippen molar-refractivity contribution in [2.24, 2.45) is 0 Å². The van der Waals surface area contributed by atoms with E-state index in [4.69, 9.17) is 0 Å². The first-order valence-electron chi connectivity index (χ1n) is 8.66. The van der Waals surface area contributed by atoms with Gasteiger partial charge in [-0.15, -0.1) is 0 Å². The summed E-state index contributed by atoms with van der Waals surface area (Å²) in [6.45, 7) is 1.92. The minimum atomic E-state index is -3.60. The van der Waals surface area contributed by atoms with Crippen LogP contribution in [0, 0.1) is 0 Å². The molecule has 27 heavy (non-hydrogen) atoms. The summed E-state index contributed by atoms with van der Waals surface area (Å²) < 4.78 is 25.6. The van der Waals surface area contributed by atoms with Gasteiger partial charge in [-0.3, -0.25) is 9.10 Å². The Labute approximate surface area is 159 Å². The Balaban J connectivity index is 1.75. The Bertz CT molecular complexity index is 1050. The number of benzene rings is 3. The number of para-hydroxylation sites is 1. The summed E-state index contributed by atoms with van der Waals surface area (Å²) in [7, 11) is -3.60. The quantitative estimate of drug-likeness (QED) is 0.711. The highest BCUT2D eigenvalue weighted by molar-refractivity contribution is 7.92. The molecule has 140 valence electrons. The molecule has 3 aromatic rings. The van der Waals surface area contributed by atoms with E-state index >= 15 is 0 Å². The minimum absolute atomic E-state index is 0.334. The second-order valence-electron chi connectivity index (χ2n) is 6.47. The second-order valence-corrected chi connectivity index (χ2v) is 8.33. The number of amides is 1. The van der Waals surface area contributed by atoms with Gasteiger partial charge in [-0.2, -0.15) is 0 Å². The van der Waals surface area contributed by atoms with Crippen molar-refractivity contribution in [3.8, 4) is 0 Å². The topological polar surface area (TPSA) is 66.5 Å². The Morgan fingerprint density at radius 1 is 0.963 bits per heavy atom. The Kier molecular flexibility index (Phi) is 5.46. The number of nitrogens with zero attached hydrogens (tertiary/aromatic N) is 1. The summed E-state index contributed by atoms with van der Waals surface area (Å²) in [6.07, 6.45) is 1.10. The lowest BCUT2D eigenvalue weighted by Gasteiger charge is -2.28. The third kappa shape index (κ3) is 4.46. The highest BCUT2D eigenvalue weighted by atomic mass is 32.2. The maximum atomic E-state index is 12.6. The van der Waals surface area contributed by atoms with E-state index < -0.39 is 16.1 Å². The number of sulfonamides is 1. The lowest BCUT2D eigenvalue weighted by Crippen LogP contribution is -2.47. The summed E-state index contributed by atoms with van der Waals surface area (Å²) in [6, 6.07) is 21.8. The van der Waals surface area contributed by atoms with Gasteiger partial charge in [0.2, 0.25) is 15.9 Å². The molecular weight excluding hydrogens is 360 g/mol. The molecule has 3 aromatic carbocycles. The van der Waals surface area contributed by atoms with E-state index in [-0.39, 0.29) is 5.91 Å². The van der Waals surface area contributed by atoms with Gasteiger partial charge in [0.15, 0.2) is 0 Å². The van der Waals surface area contributed by atoms with E-state index in [0.717, 1.165) is 26.9 Å². The van der Waals surface area contributed by atoms with Crippen LogP contribution in [-0.2, 0) is 21.4 Å². The van der Waals surface area contributed by atoms with Crippen molar-refractivity contribution in [1.29, 1.82) is 0 Å². The predicted octanol–water partition coefficient (Wildman–Crippen LogP) is 3.31. The smallest absolute Gasteiger partial charge is 0.243 e. The number of anilines is 1. The van der Waals surface area contributed by atoms with Gasteiger partial charge in [0, 0.05) is 6.54 Å². The van der Waals surface area contributed by atoms with Crippen LogP contribution in [0.1, 0.15) is 12.5 Å². The number of nitrogens with one attached hydrogen (secondary N) is 1. The lowest BCUT2D eigenvalue weighted by atomic mass is 10.1. The van der Waals surface area contributed by atoms with Crippen LogP contribution in [0.3, 0.4) is 0 Å². The normalized spacial score (nSPS) is 12.5. The van der Waals surface area contributed by atoms with Gasteiger partial charge < -0.3 is 5.32 Å². The van der Waals surface area contributed by atoms with E-state index in [1.165, 1.54) is 0 Å². The third-order valence-corrected chi connectivity index (χ3v) is 5.62. The Morgan fingerprint density at radius 2 is 1.59 bits per heavy atom. The van der Waals surface area contributed by atoms with Crippen molar-refractivity contribution in [1.82, 2.24) is 5.32 Å². The third-order valence-electron chi connectivity index (χ3n) is 4.38. The van der Waals surface area contributed by atoms with Crippen molar-refractivity contribution in [3.63, 3.8) is 0 Å². The average Bonchev–Trinajstić information content (AvgIpc) is 2.65. The first-order valence-corrected chi connectivity index (χ1v) is 10.5. The molecule has 0 heterocycles. The molecule has 1 unspecified atom stereocenters. The summed E-state index contributed by atoms with van der Waals surface area (Å²) in [5.74, 6) is -0.350. The average molecular weight is 382 g/mol. The second kappa shape index (κ2) is 7.80. The van der Waals surface area contributed by atoms with Gasteiger partial charge >= 0.3 is 0 Å². The molecule has 3 rings (SSSR count). The van der Waals surface area contributed by atoms with Crippen LogP contribution in [0.5, 0.6) is 0 Å². The maximum absolute atomic E-state index is 12.6. The molecule has 0 saturated heterocycles. The molecule has 0 spiro atoms. The molecule has 1 amide bonds. The molecule has 0 saturated carbocycles. The molecule has 0 aliphatic heterocycles. The summed E-state index contributed by atoms with van der Waals surface area (Å²) in [5.41, 5.74) is 1.42. The van der Waals surface area contributed by atoms with Crippen molar-refractivity contribution >= 4 is 32.4 Å². The molecule has 0 aliphatic carbocycles. The summed E-state index contributed by atoms with van der Waals surface area (Å²) in [5, 5.41) is 5.07. The number of carbonyl (C=O) groups is 1. The van der Waals surface area contributed by atoms with E-state index in [2.05, 4.69) is 5.32 Å². The van der Waals surface area contributed by atoms with Gasteiger partial charge in [-0.05, 0) is 41.5 Å². The Hall–Kier alpha value is -2.86. The van der Waals surface area contributed by atoms with Gasteiger partial charge in [-0.1, -0.05) is 54.6 Å². The first-order chi connectivity index (χ1) is 12.9. The van der Waals surface area contributed by atoms with Crippen LogP contribution in [-0.4, -0.2) is 26.6 Å². The van der Waals surface area contributed by atoms with Crippen LogP contribution in [0.15, 0.2) is 72.8 Å². The Morgan fingerprint density at radius 3 is 2.26 bits per heavy atom. The minimum Gasteiger partial charge on any atom is -0.350 e. The van der Waals surface area contributed by atoms with E-state index in [9.17, 15) is 13.2 Å². The molecule has 0 aromatic heterocycles. The van der Waals surface area contributed by atoms with E-state index in [1.807, 2.05) is 42.5 Å². The summed E-state index contributed by atoms with van der Waals surface area (Å²) in [4.78, 5) is 12.6.